The quantitative estimate of drug-likeness (QED) is 0.535. The van der Waals surface area contributed by atoms with Crippen LogP contribution in [-0.2, 0) is 16.1 Å². The highest BCUT2D eigenvalue weighted by molar-refractivity contribution is 6.31. The molecule has 1 heterocycles. The molecule has 0 spiro atoms. The molecule has 0 radical (unpaired) electrons. The minimum Gasteiger partial charge on any atom is -0.497 e. The van der Waals surface area contributed by atoms with Crippen molar-refractivity contribution >= 4 is 34.4 Å². The van der Waals surface area contributed by atoms with Crippen molar-refractivity contribution in [3.63, 3.8) is 0 Å². The van der Waals surface area contributed by atoms with Crippen LogP contribution >= 0.6 is 11.6 Å². The molecule has 150 valence electrons. The molecule has 0 atom stereocenters. The number of halogens is 1. The van der Waals surface area contributed by atoms with Gasteiger partial charge in [-0.1, -0.05) is 23.7 Å². The van der Waals surface area contributed by atoms with Crippen molar-refractivity contribution in [2.45, 2.75) is 25.4 Å². The van der Waals surface area contributed by atoms with Crippen LogP contribution in [0.5, 0.6) is 5.75 Å². The maximum absolute atomic E-state index is 12.7. The highest BCUT2D eigenvalue weighted by Crippen LogP contribution is 2.29. The minimum atomic E-state index is -0.675. The monoisotopic (exact) mass is 413 g/mol. The van der Waals surface area contributed by atoms with Crippen LogP contribution in [0.25, 0.3) is 11.0 Å². The zero-order chi connectivity index (χ0) is 20.4. The maximum Gasteiger partial charge on any atom is 0.374 e. The van der Waals surface area contributed by atoms with Crippen LogP contribution in [0.4, 0.5) is 0 Å². The number of hydrogen-bond donors (Lipinski definition) is 0. The first kappa shape index (κ1) is 19.3. The van der Waals surface area contributed by atoms with Crippen molar-refractivity contribution < 1.29 is 23.5 Å². The van der Waals surface area contributed by atoms with Crippen molar-refractivity contribution in [3.8, 4) is 5.75 Å². The average Bonchev–Trinajstić information content (AvgIpc) is 3.48. The number of furan rings is 1. The lowest BCUT2D eigenvalue weighted by Crippen LogP contribution is -2.36. The second kappa shape index (κ2) is 8.17. The van der Waals surface area contributed by atoms with Crippen LogP contribution in [0.2, 0.25) is 5.02 Å². The third kappa shape index (κ3) is 4.54. The van der Waals surface area contributed by atoms with Gasteiger partial charge in [-0.25, -0.2) is 4.79 Å². The van der Waals surface area contributed by atoms with Gasteiger partial charge in [0.05, 0.1) is 7.11 Å². The highest BCUT2D eigenvalue weighted by Gasteiger charge is 2.33. The molecule has 7 heteroatoms. The summed E-state index contributed by atoms with van der Waals surface area (Å²) < 4.78 is 15.9. The molecule has 0 N–H and O–H groups in total. The summed E-state index contributed by atoms with van der Waals surface area (Å²) in [5.41, 5.74) is 1.53. The van der Waals surface area contributed by atoms with Gasteiger partial charge in [0.2, 0.25) is 5.76 Å². The summed E-state index contributed by atoms with van der Waals surface area (Å²) >= 11 is 5.95. The van der Waals surface area contributed by atoms with Crippen molar-refractivity contribution in [2.75, 3.05) is 13.7 Å². The Morgan fingerprint density at radius 3 is 2.59 bits per heavy atom. The fraction of sp³-hybridized carbons (Fsp3) is 0.273. The number of hydrogen-bond acceptors (Lipinski definition) is 5. The second-order valence-electron chi connectivity index (χ2n) is 6.97. The molecule has 1 aliphatic rings. The Bertz CT molecular complexity index is 1040. The van der Waals surface area contributed by atoms with Crippen LogP contribution in [0, 0.1) is 0 Å². The van der Waals surface area contributed by atoms with Gasteiger partial charge in [-0.3, -0.25) is 4.79 Å². The van der Waals surface area contributed by atoms with Crippen molar-refractivity contribution in [2.24, 2.45) is 0 Å². The number of nitrogens with zero attached hydrogens (tertiary/aromatic N) is 1. The van der Waals surface area contributed by atoms with Gasteiger partial charge >= 0.3 is 5.97 Å². The van der Waals surface area contributed by atoms with E-state index in [1.807, 2.05) is 24.3 Å². The van der Waals surface area contributed by atoms with Gasteiger partial charge in [0.1, 0.15) is 11.3 Å². The predicted octanol–water partition coefficient (Wildman–Crippen LogP) is 4.44. The van der Waals surface area contributed by atoms with E-state index in [-0.39, 0.29) is 24.3 Å². The van der Waals surface area contributed by atoms with E-state index in [9.17, 15) is 9.59 Å². The van der Waals surface area contributed by atoms with Crippen LogP contribution in [0.1, 0.15) is 29.0 Å². The normalized spacial score (nSPS) is 13.3. The Morgan fingerprint density at radius 2 is 1.90 bits per heavy atom. The Kier molecular flexibility index (Phi) is 5.45. The Morgan fingerprint density at radius 1 is 1.14 bits per heavy atom. The third-order valence-corrected chi connectivity index (χ3v) is 5.06. The van der Waals surface area contributed by atoms with Gasteiger partial charge in [0.15, 0.2) is 6.61 Å². The van der Waals surface area contributed by atoms with E-state index in [2.05, 4.69) is 0 Å². The summed E-state index contributed by atoms with van der Waals surface area (Å²) in [5, 5.41) is 1.25. The number of benzene rings is 2. The molecule has 29 heavy (non-hydrogen) atoms. The zero-order valence-corrected chi connectivity index (χ0v) is 16.6. The summed E-state index contributed by atoms with van der Waals surface area (Å²) in [6.45, 7) is 0.136. The topological polar surface area (TPSA) is 69.0 Å². The van der Waals surface area contributed by atoms with E-state index in [0.717, 1.165) is 24.2 Å². The lowest BCUT2D eigenvalue weighted by Gasteiger charge is -2.22. The summed E-state index contributed by atoms with van der Waals surface area (Å²) in [6.07, 6.45) is 1.92. The van der Waals surface area contributed by atoms with Crippen LogP contribution in [-0.4, -0.2) is 36.5 Å². The first-order valence-corrected chi connectivity index (χ1v) is 9.70. The molecule has 6 nitrogen and oxygen atoms in total. The van der Waals surface area contributed by atoms with E-state index in [1.54, 1.807) is 36.3 Å². The van der Waals surface area contributed by atoms with Crippen LogP contribution < -0.4 is 4.74 Å². The van der Waals surface area contributed by atoms with E-state index in [4.69, 9.17) is 25.5 Å². The van der Waals surface area contributed by atoms with Gasteiger partial charge in [0.25, 0.3) is 5.91 Å². The largest absolute Gasteiger partial charge is 0.497 e. The standard InChI is InChI=1S/C22H20ClNO5/c1-27-18-7-2-14(3-8-18)12-24(17-5-6-17)21(25)13-28-22(26)20-11-15-10-16(23)4-9-19(15)29-20/h2-4,7-11,17H,5-6,12-13H2,1H3. The SMILES string of the molecule is COc1ccc(CN(C(=O)COC(=O)c2cc3cc(Cl)ccc3o2)C2CC2)cc1. The van der Waals surface area contributed by atoms with Crippen LogP contribution in [0.3, 0.4) is 0 Å². The van der Waals surface area contributed by atoms with Crippen molar-refractivity contribution in [1.82, 2.24) is 4.90 Å². The number of rotatable bonds is 7. The van der Waals surface area contributed by atoms with Gasteiger partial charge in [-0.2, -0.15) is 0 Å². The number of carbonyl (C=O) groups is 2. The summed E-state index contributed by atoms with van der Waals surface area (Å²) in [7, 11) is 1.61. The molecule has 3 aromatic rings. The minimum absolute atomic E-state index is 0.0446. The fourth-order valence-corrected chi connectivity index (χ4v) is 3.31. The number of carbonyl (C=O) groups excluding carboxylic acids is 2. The lowest BCUT2D eigenvalue weighted by molar-refractivity contribution is -0.135. The van der Waals surface area contributed by atoms with E-state index < -0.39 is 5.97 Å². The van der Waals surface area contributed by atoms with Gasteiger partial charge in [-0.05, 0) is 54.8 Å². The molecule has 1 aliphatic carbocycles. The Hall–Kier alpha value is -2.99. The third-order valence-electron chi connectivity index (χ3n) is 4.83. The van der Waals surface area contributed by atoms with Gasteiger partial charge in [-0.15, -0.1) is 0 Å². The molecule has 1 fully saturated rings. The fourth-order valence-electron chi connectivity index (χ4n) is 3.13. The zero-order valence-electron chi connectivity index (χ0n) is 15.9. The van der Waals surface area contributed by atoms with Crippen LogP contribution in [0.15, 0.2) is 52.9 Å². The van der Waals surface area contributed by atoms with Crippen molar-refractivity contribution in [1.29, 1.82) is 0 Å². The van der Waals surface area contributed by atoms with Crippen molar-refractivity contribution in [3.05, 3.63) is 64.9 Å². The summed E-state index contributed by atoms with van der Waals surface area (Å²) in [6, 6.07) is 14.4. The number of esters is 1. The molecule has 4 rings (SSSR count). The van der Waals surface area contributed by atoms with E-state index >= 15 is 0 Å². The first-order chi connectivity index (χ1) is 14.0. The summed E-state index contributed by atoms with van der Waals surface area (Å²) in [5.74, 6) is -0.0935. The average molecular weight is 414 g/mol. The van der Waals surface area contributed by atoms with E-state index in [1.165, 1.54) is 0 Å². The molecular weight excluding hydrogens is 394 g/mol. The number of fused-ring (bicyclic) bond motifs is 1. The molecule has 1 amide bonds. The molecular formula is C22H20ClNO5. The molecule has 0 saturated heterocycles. The first-order valence-electron chi connectivity index (χ1n) is 9.32. The number of methoxy groups -OCH3 is 1. The maximum atomic E-state index is 12.7. The summed E-state index contributed by atoms with van der Waals surface area (Å²) in [4.78, 5) is 26.7. The predicted molar refractivity (Wildman–Crippen MR) is 108 cm³/mol. The molecule has 1 aromatic heterocycles. The Labute approximate surface area is 172 Å². The molecule has 0 aliphatic heterocycles. The van der Waals surface area contributed by atoms with Gasteiger partial charge < -0.3 is 18.8 Å². The molecule has 2 aromatic carbocycles. The smallest absolute Gasteiger partial charge is 0.374 e. The number of ether oxygens (including phenoxy) is 2. The lowest BCUT2D eigenvalue weighted by atomic mass is 10.2. The highest BCUT2D eigenvalue weighted by atomic mass is 35.5. The van der Waals surface area contributed by atoms with Gasteiger partial charge in [0, 0.05) is 23.0 Å². The molecule has 0 bridgehead atoms. The second-order valence-corrected chi connectivity index (χ2v) is 7.41. The van der Waals surface area contributed by atoms with E-state index in [0.29, 0.717) is 22.5 Å². The number of amides is 1. The molecule has 1 saturated carbocycles. The molecule has 0 unspecified atom stereocenters. The Balaban J connectivity index is 1.38.